The predicted octanol–water partition coefficient (Wildman–Crippen LogP) is -0.671. The molecule has 2 rings (SSSR count). The molecule has 1 aromatic heterocycles. The van der Waals surface area contributed by atoms with Crippen LogP contribution in [0.15, 0.2) is 17.3 Å². The zero-order valence-corrected chi connectivity index (χ0v) is 14.4. The van der Waals surface area contributed by atoms with E-state index >= 15 is 0 Å². The summed E-state index contributed by atoms with van der Waals surface area (Å²) in [7, 11) is -2.10. The van der Waals surface area contributed by atoms with Crippen LogP contribution in [0.2, 0.25) is 0 Å². The van der Waals surface area contributed by atoms with Crippen LogP contribution in [0.1, 0.15) is 13.8 Å². The van der Waals surface area contributed by atoms with E-state index in [1.54, 1.807) is 18.9 Å². The molecule has 8 nitrogen and oxygen atoms in total. The number of carbonyl (C=O) groups is 1. The van der Waals surface area contributed by atoms with Gasteiger partial charge in [0.1, 0.15) is 4.90 Å². The van der Waals surface area contributed by atoms with Crippen LogP contribution in [-0.2, 0) is 21.9 Å². The van der Waals surface area contributed by atoms with Crippen LogP contribution in [0, 0.1) is 0 Å². The van der Waals surface area contributed by atoms with E-state index in [2.05, 4.69) is 15.1 Å². The number of nitrogens with one attached hydrogen (secondary N) is 2. The Bertz CT molecular complexity index is 618. The molecule has 2 unspecified atom stereocenters. The lowest BCUT2D eigenvalue weighted by Crippen LogP contribution is -2.57. The monoisotopic (exact) mass is 351 g/mol. The number of nitrogens with zero attached hydrogens (tertiary/aromatic N) is 3. The summed E-state index contributed by atoms with van der Waals surface area (Å²) in [5.41, 5.74) is 0. The molecule has 1 aliphatic rings. The lowest BCUT2D eigenvalue weighted by atomic mass is 10.2. The maximum absolute atomic E-state index is 12.4. The Hall–Kier alpha value is -1.16. The molecule has 1 aliphatic heterocycles. The second-order valence-electron chi connectivity index (χ2n) is 5.28. The van der Waals surface area contributed by atoms with Crippen LogP contribution in [0.4, 0.5) is 0 Å². The van der Waals surface area contributed by atoms with Crippen LogP contribution >= 0.6 is 12.4 Å². The number of amides is 1. The van der Waals surface area contributed by atoms with Crippen molar-refractivity contribution in [1.29, 1.82) is 0 Å². The highest BCUT2D eigenvalue weighted by atomic mass is 35.5. The average Bonchev–Trinajstić information content (AvgIpc) is 2.85. The Morgan fingerprint density at radius 3 is 2.77 bits per heavy atom. The van der Waals surface area contributed by atoms with E-state index in [1.807, 2.05) is 6.92 Å². The summed E-state index contributed by atoms with van der Waals surface area (Å²) < 4.78 is 28.2. The first kappa shape index (κ1) is 18.9. The molecule has 2 N–H and O–H groups in total. The Kier molecular flexibility index (Phi) is 6.36. The summed E-state index contributed by atoms with van der Waals surface area (Å²) in [6.07, 6.45) is 2.65. The third-order valence-electron chi connectivity index (χ3n) is 3.48. The maximum atomic E-state index is 12.4. The number of piperazine rings is 1. The molecule has 126 valence electrons. The molecule has 1 amide bonds. The second-order valence-corrected chi connectivity index (χ2v) is 6.99. The largest absolute Gasteiger partial charge is 0.336 e. The van der Waals surface area contributed by atoms with Crippen molar-refractivity contribution in [3.05, 3.63) is 12.4 Å². The van der Waals surface area contributed by atoms with Gasteiger partial charge in [0.05, 0.1) is 12.2 Å². The molecule has 0 radical (unpaired) electrons. The van der Waals surface area contributed by atoms with Crippen molar-refractivity contribution in [3.8, 4) is 0 Å². The van der Waals surface area contributed by atoms with Gasteiger partial charge in [-0.15, -0.1) is 12.4 Å². The topological polar surface area (TPSA) is 96.3 Å². The number of aromatic nitrogens is 2. The minimum Gasteiger partial charge on any atom is -0.336 e. The third kappa shape index (κ3) is 4.19. The van der Waals surface area contributed by atoms with Crippen LogP contribution < -0.4 is 10.0 Å². The quantitative estimate of drug-likeness (QED) is 0.750. The minimum atomic E-state index is -3.74. The molecule has 1 saturated heterocycles. The van der Waals surface area contributed by atoms with Gasteiger partial charge in [-0.05, 0) is 13.8 Å². The van der Waals surface area contributed by atoms with Crippen molar-refractivity contribution in [2.45, 2.75) is 30.8 Å². The first-order valence-electron chi connectivity index (χ1n) is 6.83. The van der Waals surface area contributed by atoms with Gasteiger partial charge in [0, 0.05) is 38.9 Å². The highest BCUT2D eigenvalue weighted by Gasteiger charge is 2.30. The normalized spacial score (nSPS) is 20.3. The van der Waals surface area contributed by atoms with Gasteiger partial charge in [-0.25, -0.2) is 8.42 Å². The molecule has 0 aromatic carbocycles. The van der Waals surface area contributed by atoms with Gasteiger partial charge in [-0.3, -0.25) is 9.48 Å². The second kappa shape index (κ2) is 7.40. The van der Waals surface area contributed by atoms with Crippen LogP contribution in [0.5, 0.6) is 0 Å². The van der Waals surface area contributed by atoms with E-state index in [4.69, 9.17) is 0 Å². The summed E-state index contributed by atoms with van der Waals surface area (Å²) in [6, 6.07) is -0.757. The number of rotatable bonds is 4. The first-order chi connectivity index (χ1) is 9.81. The lowest BCUT2D eigenvalue weighted by Gasteiger charge is -2.35. The molecule has 0 saturated carbocycles. The molecular formula is C12H22ClN5O3S. The Morgan fingerprint density at radius 1 is 1.55 bits per heavy atom. The number of carbonyl (C=O) groups excluding carboxylic acids is 1. The van der Waals surface area contributed by atoms with Crippen LogP contribution in [0.3, 0.4) is 0 Å². The van der Waals surface area contributed by atoms with Crippen LogP contribution in [-0.4, -0.2) is 60.7 Å². The summed E-state index contributed by atoms with van der Waals surface area (Å²) in [4.78, 5) is 14.1. The SMILES string of the molecule is CC(NS(=O)(=O)c1cnn(C)c1)C(=O)N1CCNCC1C.Cl. The number of sulfonamides is 1. The van der Waals surface area contributed by atoms with Crippen molar-refractivity contribution in [1.82, 2.24) is 24.7 Å². The molecule has 2 heterocycles. The van der Waals surface area contributed by atoms with Crippen molar-refractivity contribution in [2.24, 2.45) is 7.05 Å². The van der Waals surface area contributed by atoms with Gasteiger partial charge >= 0.3 is 0 Å². The number of aryl methyl sites for hydroxylation is 1. The number of halogens is 1. The molecule has 2 atom stereocenters. The summed E-state index contributed by atoms with van der Waals surface area (Å²) in [5.74, 6) is -0.212. The van der Waals surface area contributed by atoms with Crippen molar-refractivity contribution in [2.75, 3.05) is 19.6 Å². The molecule has 0 aliphatic carbocycles. The fraction of sp³-hybridized carbons (Fsp3) is 0.667. The van der Waals surface area contributed by atoms with E-state index in [-0.39, 0.29) is 29.3 Å². The van der Waals surface area contributed by atoms with Crippen molar-refractivity contribution >= 4 is 28.3 Å². The Labute approximate surface area is 136 Å². The van der Waals surface area contributed by atoms with Gasteiger partial charge in [0.15, 0.2) is 0 Å². The van der Waals surface area contributed by atoms with Crippen molar-refractivity contribution in [3.63, 3.8) is 0 Å². The van der Waals surface area contributed by atoms with Crippen molar-refractivity contribution < 1.29 is 13.2 Å². The number of hydrogen-bond acceptors (Lipinski definition) is 5. The molecule has 0 bridgehead atoms. The summed E-state index contributed by atoms with van der Waals surface area (Å²) in [6.45, 7) is 5.52. The number of hydrogen-bond donors (Lipinski definition) is 2. The smallest absolute Gasteiger partial charge is 0.244 e. The molecule has 1 fully saturated rings. The average molecular weight is 352 g/mol. The lowest BCUT2D eigenvalue weighted by molar-refractivity contribution is -0.135. The molecule has 22 heavy (non-hydrogen) atoms. The molecule has 10 heteroatoms. The third-order valence-corrected chi connectivity index (χ3v) is 4.97. The molecule has 1 aromatic rings. The van der Waals surface area contributed by atoms with Gasteiger partial charge in [0.25, 0.3) is 0 Å². The van der Waals surface area contributed by atoms with Gasteiger partial charge in [0.2, 0.25) is 15.9 Å². The van der Waals surface area contributed by atoms with E-state index in [1.165, 1.54) is 17.1 Å². The summed E-state index contributed by atoms with van der Waals surface area (Å²) >= 11 is 0. The highest BCUT2D eigenvalue weighted by Crippen LogP contribution is 2.10. The summed E-state index contributed by atoms with van der Waals surface area (Å²) in [5, 5.41) is 7.02. The Balaban J connectivity index is 0.00000242. The fourth-order valence-electron chi connectivity index (χ4n) is 2.31. The van der Waals surface area contributed by atoms with E-state index < -0.39 is 16.1 Å². The minimum absolute atomic E-state index is 0. The van der Waals surface area contributed by atoms with E-state index in [9.17, 15) is 13.2 Å². The molecule has 0 spiro atoms. The zero-order chi connectivity index (χ0) is 15.6. The van der Waals surface area contributed by atoms with E-state index in [0.29, 0.717) is 13.1 Å². The maximum Gasteiger partial charge on any atom is 0.244 e. The van der Waals surface area contributed by atoms with Gasteiger partial charge in [-0.2, -0.15) is 9.82 Å². The standard InChI is InChI=1S/C12H21N5O3S.ClH/c1-9-6-13-4-5-17(9)12(18)10(2)15-21(19,20)11-7-14-16(3)8-11;/h7-10,13,15H,4-6H2,1-3H3;1H. The zero-order valence-electron chi connectivity index (χ0n) is 12.8. The van der Waals surface area contributed by atoms with E-state index in [0.717, 1.165) is 6.54 Å². The highest BCUT2D eigenvalue weighted by molar-refractivity contribution is 7.89. The molecular weight excluding hydrogens is 330 g/mol. The Morgan fingerprint density at radius 2 is 2.23 bits per heavy atom. The fourth-order valence-corrected chi connectivity index (χ4v) is 3.49. The predicted molar refractivity (Wildman–Crippen MR) is 84.3 cm³/mol. The first-order valence-corrected chi connectivity index (χ1v) is 8.32. The van der Waals surface area contributed by atoms with Gasteiger partial charge in [-0.1, -0.05) is 0 Å². The van der Waals surface area contributed by atoms with Crippen LogP contribution in [0.25, 0.3) is 0 Å². The van der Waals surface area contributed by atoms with Gasteiger partial charge < -0.3 is 10.2 Å².